The Morgan fingerprint density at radius 1 is 1.28 bits per heavy atom. The zero-order valence-electron chi connectivity index (χ0n) is 10.7. The molecule has 0 unspecified atom stereocenters. The maximum absolute atomic E-state index is 11.8. The topological polar surface area (TPSA) is 93.3 Å². The van der Waals surface area contributed by atoms with Gasteiger partial charge in [-0.3, -0.25) is 4.79 Å². The molecular weight excluding hydrogens is 258 g/mol. The van der Waals surface area contributed by atoms with E-state index in [1.54, 1.807) is 13.8 Å². The van der Waals surface area contributed by atoms with Crippen molar-refractivity contribution in [3.05, 3.63) is 22.5 Å². The van der Waals surface area contributed by atoms with Gasteiger partial charge in [0.15, 0.2) is 15.6 Å². The monoisotopic (exact) mass is 273 g/mol. The third-order valence-corrected chi connectivity index (χ3v) is 3.29. The van der Waals surface area contributed by atoms with Crippen LogP contribution in [0.3, 0.4) is 0 Å². The van der Waals surface area contributed by atoms with Crippen LogP contribution in [-0.4, -0.2) is 44.3 Å². The van der Waals surface area contributed by atoms with Gasteiger partial charge in [0, 0.05) is 11.9 Å². The van der Waals surface area contributed by atoms with Crippen molar-refractivity contribution >= 4 is 21.6 Å². The highest BCUT2D eigenvalue weighted by Crippen LogP contribution is 2.19. The SMILES string of the molecule is COC(=O)c1c(C)[nH]c(C(=O)CS(C)(=O)=O)c1C. The smallest absolute Gasteiger partial charge is 0.339 e. The molecule has 1 rings (SSSR count). The number of aromatic nitrogens is 1. The molecule has 0 atom stereocenters. The first-order valence-electron chi connectivity index (χ1n) is 5.15. The summed E-state index contributed by atoms with van der Waals surface area (Å²) in [5.74, 6) is -1.71. The van der Waals surface area contributed by atoms with E-state index in [0.717, 1.165) is 6.26 Å². The van der Waals surface area contributed by atoms with E-state index < -0.39 is 27.3 Å². The number of sulfone groups is 1. The van der Waals surface area contributed by atoms with Gasteiger partial charge < -0.3 is 9.72 Å². The number of hydrogen-bond acceptors (Lipinski definition) is 5. The van der Waals surface area contributed by atoms with E-state index in [2.05, 4.69) is 9.72 Å². The highest BCUT2D eigenvalue weighted by atomic mass is 32.2. The lowest BCUT2D eigenvalue weighted by atomic mass is 10.1. The fraction of sp³-hybridized carbons (Fsp3) is 0.455. The Kier molecular flexibility index (Phi) is 3.95. The second-order valence-corrected chi connectivity index (χ2v) is 6.25. The predicted molar refractivity (Wildman–Crippen MR) is 65.6 cm³/mol. The summed E-state index contributed by atoms with van der Waals surface area (Å²) in [5, 5.41) is 0. The number of Topliss-reactive ketones (excluding diaryl/α,β-unsaturated/α-hetero) is 1. The number of ketones is 1. The van der Waals surface area contributed by atoms with Gasteiger partial charge in [-0.1, -0.05) is 0 Å². The average Bonchev–Trinajstić information content (AvgIpc) is 2.51. The zero-order chi connectivity index (χ0) is 14.1. The Labute approximate surface area is 105 Å². The number of aromatic amines is 1. The average molecular weight is 273 g/mol. The molecule has 0 amide bonds. The van der Waals surface area contributed by atoms with Gasteiger partial charge in [-0.2, -0.15) is 0 Å². The molecule has 18 heavy (non-hydrogen) atoms. The van der Waals surface area contributed by atoms with Gasteiger partial charge >= 0.3 is 5.97 Å². The summed E-state index contributed by atoms with van der Waals surface area (Å²) < 4.78 is 26.8. The largest absolute Gasteiger partial charge is 0.465 e. The van der Waals surface area contributed by atoms with Crippen LogP contribution in [0.2, 0.25) is 0 Å². The minimum absolute atomic E-state index is 0.137. The summed E-state index contributed by atoms with van der Waals surface area (Å²) in [5.41, 5.74) is 1.30. The molecule has 0 aliphatic carbocycles. The van der Waals surface area contributed by atoms with Crippen molar-refractivity contribution in [3.63, 3.8) is 0 Å². The number of carbonyl (C=O) groups excluding carboxylic acids is 2. The van der Waals surface area contributed by atoms with E-state index in [4.69, 9.17) is 0 Å². The highest BCUT2D eigenvalue weighted by Gasteiger charge is 2.24. The van der Waals surface area contributed by atoms with Crippen LogP contribution in [0.15, 0.2) is 0 Å². The fourth-order valence-corrected chi connectivity index (χ4v) is 2.37. The number of esters is 1. The molecule has 0 saturated heterocycles. The first kappa shape index (κ1) is 14.4. The van der Waals surface area contributed by atoms with Gasteiger partial charge in [-0.15, -0.1) is 0 Å². The molecule has 0 radical (unpaired) electrons. The Morgan fingerprint density at radius 2 is 1.83 bits per heavy atom. The molecule has 1 heterocycles. The lowest BCUT2D eigenvalue weighted by Crippen LogP contribution is -2.16. The lowest BCUT2D eigenvalue weighted by Gasteiger charge is -2.00. The number of H-pyrrole nitrogens is 1. The van der Waals surface area contributed by atoms with Crippen molar-refractivity contribution in [2.75, 3.05) is 19.1 Å². The van der Waals surface area contributed by atoms with E-state index in [9.17, 15) is 18.0 Å². The molecule has 100 valence electrons. The molecule has 0 spiro atoms. The van der Waals surface area contributed by atoms with Crippen molar-refractivity contribution in [2.45, 2.75) is 13.8 Å². The minimum atomic E-state index is -3.40. The van der Waals surface area contributed by atoms with Crippen LogP contribution in [0, 0.1) is 13.8 Å². The molecule has 6 nitrogen and oxygen atoms in total. The Hall–Kier alpha value is -1.63. The van der Waals surface area contributed by atoms with Crippen LogP contribution in [0.5, 0.6) is 0 Å². The standard InChI is InChI=1S/C11H15NO5S/c1-6-9(11(14)17-3)7(2)12-10(6)8(13)5-18(4,15)16/h12H,5H2,1-4H3. The van der Waals surface area contributed by atoms with E-state index in [1.165, 1.54) is 7.11 Å². The molecule has 1 aromatic heterocycles. The van der Waals surface area contributed by atoms with E-state index in [1.807, 2.05) is 0 Å². The number of methoxy groups -OCH3 is 1. The molecule has 1 aromatic rings. The Morgan fingerprint density at radius 3 is 2.28 bits per heavy atom. The van der Waals surface area contributed by atoms with Crippen molar-refractivity contribution in [1.29, 1.82) is 0 Å². The molecule has 0 aromatic carbocycles. The number of ether oxygens (including phenoxy) is 1. The van der Waals surface area contributed by atoms with Crippen LogP contribution in [0.4, 0.5) is 0 Å². The molecule has 7 heteroatoms. The first-order chi connectivity index (χ1) is 8.17. The van der Waals surface area contributed by atoms with Gasteiger partial charge in [0.25, 0.3) is 0 Å². The first-order valence-corrected chi connectivity index (χ1v) is 7.21. The van der Waals surface area contributed by atoms with Gasteiger partial charge in [0.05, 0.1) is 18.4 Å². The molecular formula is C11H15NO5S. The van der Waals surface area contributed by atoms with Gasteiger partial charge in [-0.05, 0) is 19.4 Å². The van der Waals surface area contributed by atoms with Crippen LogP contribution in [-0.2, 0) is 14.6 Å². The Balaban J connectivity index is 3.21. The van der Waals surface area contributed by atoms with Crippen LogP contribution in [0.1, 0.15) is 32.1 Å². The molecule has 1 N–H and O–H groups in total. The van der Waals surface area contributed by atoms with Crippen molar-refractivity contribution < 1.29 is 22.7 Å². The maximum atomic E-state index is 11.8. The number of aryl methyl sites for hydroxylation is 1. The predicted octanol–water partition coefficient (Wildman–Crippen LogP) is 0.645. The second-order valence-electron chi connectivity index (χ2n) is 4.11. The fourth-order valence-electron chi connectivity index (χ4n) is 1.75. The zero-order valence-corrected chi connectivity index (χ0v) is 11.5. The lowest BCUT2D eigenvalue weighted by molar-refractivity contribution is 0.0599. The number of hydrogen-bond donors (Lipinski definition) is 1. The van der Waals surface area contributed by atoms with E-state index in [0.29, 0.717) is 11.3 Å². The van der Waals surface area contributed by atoms with Crippen molar-refractivity contribution in [1.82, 2.24) is 4.98 Å². The van der Waals surface area contributed by atoms with E-state index >= 15 is 0 Å². The van der Waals surface area contributed by atoms with Gasteiger partial charge in [0.1, 0.15) is 5.75 Å². The van der Waals surface area contributed by atoms with Gasteiger partial charge in [-0.25, -0.2) is 13.2 Å². The minimum Gasteiger partial charge on any atom is -0.465 e. The summed E-state index contributed by atoms with van der Waals surface area (Å²) in [6, 6.07) is 0. The second kappa shape index (κ2) is 4.93. The number of carbonyl (C=O) groups is 2. The summed E-state index contributed by atoms with van der Waals surface area (Å²) in [6.07, 6.45) is 0.983. The normalized spacial score (nSPS) is 11.3. The quantitative estimate of drug-likeness (QED) is 0.642. The third-order valence-electron chi connectivity index (χ3n) is 2.50. The van der Waals surface area contributed by atoms with Gasteiger partial charge in [0.2, 0.25) is 0 Å². The third kappa shape index (κ3) is 2.98. The summed E-state index contributed by atoms with van der Waals surface area (Å²) in [6.45, 7) is 3.20. The highest BCUT2D eigenvalue weighted by molar-refractivity contribution is 7.91. The molecule has 0 fully saturated rings. The Bertz CT molecular complexity index is 597. The number of rotatable bonds is 4. The number of nitrogens with one attached hydrogen (secondary N) is 1. The molecule has 0 bridgehead atoms. The van der Waals surface area contributed by atoms with E-state index in [-0.39, 0.29) is 11.3 Å². The van der Waals surface area contributed by atoms with Crippen molar-refractivity contribution in [3.8, 4) is 0 Å². The summed E-state index contributed by atoms with van der Waals surface area (Å²) in [4.78, 5) is 26.0. The van der Waals surface area contributed by atoms with Crippen LogP contribution in [0.25, 0.3) is 0 Å². The van der Waals surface area contributed by atoms with Crippen LogP contribution >= 0.6 is 0 Å². The molecule has 0 aliphatic heterocycles. The maximum Gasteiger partial charge on any atom is 0.339 e. The summed E-state index contributed by atoms with van der Waals surface area (Å²) in [7, 11) is -2.16. The van der Waals surface area contributed by atoms with Crippen LogP contribution < -0.4 is 0 Å². The summed E-state index contributed by atoms with van der Waals surface area (Å²) >= 11 is 0. The molecule has 0 aliphatic rings. The molecule has 0 saturated carbocycles. The van der Waals surface area contributed by atoms with Crippen molar-refractivity contribution in [2.24, 2.45) is 0 Å².